The normalized spacial score (nSPS) is 26.1. The molecule has 0 radical (unpaired) electrons. The maximum atomic E-state index is 11.7. The lowest BCUT2D eigenvalue weighted by molar-refractivity contribution is -0.223. The van der Waals surface area contributed by atoms with Crippen LogP contribution in [0.15, 0.2) is 89.5 Å². The van der Waals surface area contributed by atoms with E-state index in [2.05, 4.69) is 35.8 Å². The molecule has 49 heavy (non-hydrogen) atoms. The third-order valence-corrected chi connectivity index (χ3v) is 11.0. The number of nitrogens with zero attached hydrogens (tertiary/aromatic N) is 1. The van der Waals surface area contributed by atoms with Gasteiger partial charge in [0.15, 0.2) is 0 Å². The van der Waals surface area contributed by atoms with Crippen LogP contribution in [0.1, 0.15) is 63.4 Å². The molecule has 0 spiro atoms. The summed E-state index contributed by atoms with van der Waals surface area (Å²) in [7, 11) is 1.58. The van der Waals surface area contributed by atoms with E-state index in [0.717, 1.165) is 77.5 Å². The second kappa shape index (κ2) is 17.4. The highest BCUT2D eigenvalue weighted by Gasteiger charge is 2.64. The van der Waals surface area contributed by atoms with Gasteiger partial charge in [-0.25, -0.2) is 0 Å². The Hall–Kier alpha value is -3.57. The van der Waals surface area contributed by atoms with E-state index < -0.39 is 5.79 Å². The van der Waals surface area contributed by atoms with Gasteiger partial charge in [-0.05, 0) is 85.6 Å². The topological polar surface area (TPSA) is 119 Å². The van der Waals surface area contributed by atoms with E-state index in [9.17, 15) is 15.0 Å². The number of carbonyl (C=O) groups excluding carboxylic acids is 1. The third kappa shape index (κ3) is 8.26. The van der Waals surface area contributed by atoms with Gasteiger partial charge in [0, 0.05) is 48.6 Å². The van der Waals surface area contributed by atoms with Crippen LogP contribution >= 0.6 is 11.8 Å². The Kier molecular flexibility index (Phi) is 13.0. The molecule has 6 unspecified atom stereocenters. The Bertz CT molecular complexity index is 1510. The Morgan fingerprint density at radius 3 is 2.47 bits per heavy atom. The van der Waals surface area contributed by atoms with Crippen molar-refractivity contribution in [2.45, 2.75) is 73.7 Å². The fraction of sp³-hybridized carbons (Fsp3) is 0.487. The summed E-state index contributed by atoms with van der Waals surface area (Å²) in [6.45, 7) is 10.3. The van der Waals surface area contributed by atoms with Crippen LogP contribution in [0.25, 0.3) is 0 Å². The fourth-order valence-corrected chi connectivity index (χ4v) is 9.05. The molecule has 264 valence electrons. The highest BCUT2D eigenvalue weighted by Crippen LogP contribution is 2.63. The Labute approximate surface area is 294 Å². The molecule has 2 aliphatic carbocycles. The van der Waals surface area contributed by atoms with E-state index in [0.29, 0.717) is 13.0 Å². The Balaban J connectivity index is 1.69. The van der Waals surface area contributed by atoms with Gasteiger partial charge in [0.2, 0.25) is 11.7 Å². The second-order valence-electron chi connectivity index (χ2n) is 12.9. The summed E-state index contributed by atoms with van der Waals surface area (Å²) in [5, 5.41) is 26.7. The van der Waals surface area contributed by atoms with Gasteiger partial charge >= 0.3 is 0 Å². The maximum absolute atomic E-state index is 11.7. The molecule has 1 heterocycles. The summed E-state index contributed by atoms with van der Waals surface area (Å²) < 4.78 is 20.2. The fourth-order valence-electron chi connectivity index (χ4n) is 7.76. The molecule has 1 aliphatic heterocycles. The zero-order valence-electron chi connectivity index (χ0n) is 28.6. The van der Waals surface area contributed by atoms with Crippen molar-refractivity contribution in [1.82, 2.24) is 0 Å². The summed E-state index contributed by atoms with van der Waals surface area (Å²) in [5.41, 5.74) is 3.74. The minimum atomic E-state index is -1.08. The highest BCUT2D eigenvalue weighted by molar-refractivity contribution is 8.00. The highest BCUT2D eigenvalue weighted by atomic mass is 32.2. The van der Waals surface area contributed by atoms with E-state index in [4.69, 9.17) is 19.0 Å². The molecular weight excluding hydrogens is 641 g/mol. The summed E-state index contributed by atoms with van der Waals surface area (Å²) in [4.78, 5) is 18.2. The first-order valence-corrected chi connectivity index (χ1v) is 18.2. The van der Waals surface area contributed by atoms with Crippen LogP contribution in [0.2, 0.25) is 0 Å². The van der Waals surface area contributed by atoms with Gasteiger partial charge in [0.05, 0.1) is 23.5 Å². The van der Waals surface area contributed by atoms with Gasteiger partial charge in [0.25, 0.3) is 0 Å². The summed E-state index contributed by atoms with van der Waals surface area (Å²) in [6.07, 6.45) is 11.5. The van der Waals surface area contributed by atoms with E-state index in [1.807, 2.05) is 36.4 Å². The number of anilines is 1. The molecule has 9 nitrogen and oxygen atoms in total. The number of hydrogen-bond donors (Lipinski definition) is 3. The largest absolute Gasteiger partial charge is 0.490 e. The van der Waals surface area contributed by atoms with Crippen molar-refractivity contribution in [3.63, 3.8) is 0 Å². The van der Waals surface area contributed by atoms with Gasteiger partial charge in [-0.15, -0.1) is 18.3 Å². The number of thioether (sulfide) groups is 1. The minimum Gasteiger partial charge on any atom is -0.490 e. The number of oxime groups is 1. The molecule has 3 aliphatic rings. The van der Waals surface area contributed by atoms with Gasteiger partial charge in [0.1, 0.15) is 25.2 Å². The van der Waals surface area contributed by atoms with Gasteiger partial charge in [-0.1, -0.05) is 42.8 Å². The van der Waals surface area contributed by atoms with Crippen LogP contribution < -0.4 is 14.8 Å². The number of ether oxygens (including phenoxy) is 3. The standard InChI is InChI=1S/C39H50N2O7S/c1-5-21-46-29-15-18-35-33(24-29)37-31(12-8-10-20-43)27(11-7-9-19-42)23-32-34(41-45-4)25-36(39(48-35,38(32)37)47-22-6-2)49-30-16-13-28(14-17-30)40-26(3)44/h5-6,13-18,23-24,27,31,36-38,42-43H,1-2,7-12,19-22,25H2,3-4H3,(H,40,44). The smallest absolute Gasteiger partial charge is 0.231 e. The molecule has 0 aromatic heterocycles. The quantitative estimate of drug-likeness (QED) is 0.0850. The number of hydrogen-bond acceptors (Lipinski definition) is 9. The predicted molar refractivity (Wildman–Crippen MR) is 194 cm³/mol. The van der Waals surface area contributed by atoms with E-state index >= 15 is 0 Å². The van der Waals surface area contributed by atoms with Gasteiger partial charge < -0.3 is 34.6 Å². The Morgan fingerprint density at radius 2 is 1.80 bits per heavy atom. The number of benzene rings is 2. The molecule has 1 saturated carbocycles. The lowest BCUT2D eigenvalue weighted by Gasteiger charge is -2.58. The molecule has 0 saturated heterocycles. The molecule has 5 rings (SSSR count). The number of amides is 1. The first-order chi connectivity index (χ1) is 23.9. The third-order valence-electron chi connectivity index (χ3n) is 9.64. The van der Waals surface area contributed by atoms with Gasteiger partial charge in [-0.3, -0.25) is 4.79 Å². The number of rotatable bonds is 18. The summed E-state index contributed by atoms with van der Waals surface area (Å²) in [5.74, 6) is 0.451. The number of aliphatic hydroxyl groups excluding tert-OH is 2. The van der Waals surface area contributed by atoms with Crippen LogP contribution in [-0.4, -0.2) is 66.4 Å². The molecule has 0 bridgehead atoms. The number of fused-ring (bicyclic) bond motifs is 2. The van der Waals surface area contributed by atoms with Crippen molar-refractivity contribution in [2.75, 3.05) is 38.9 Å². The van der Waals surface area contributed by atoms with Crippen molar-refractivity contribution in [1.29, 1.82) is 0 Å². The average Bonchev–Trinajstić information content (AvgIpc) is 3.09. The molecular formula is C39H50N2O7S. The monoisotopic (exact) mass is 690 g/mol. The zero-order valence-corrected chi connectivity index (χ0v) is 29.5. The average molecular weight is 691 g/mol. The molecule has 10 heteroatoms. The SMILES string of the molecule is C=CCOc1ccc2c(c1)C1C(CCCCO)C(CCCCO)C=C3C(=NOC)CC(Sc4ccc(NC(C)=O)cc4)C(OCC=C)(O2)C31. The number of nitrogens with one attached hydrogen (secondary N) is 1. The molecule has 2 aromatic rings. The van der Waals surface area contributed by atoms with Gasteiger partial charge in [-0.2, -0.15) is 0 Å². The van der Waals surface area contributed by atoms with E-state index in [-0.39, 0.29) is 54.6 Å². The number of unbranched alkanes of at least 4 members (excludes halogenated alkanes) is 2. The summed E-state index contributed by atoms with van der Waals surface area (Å²) >= 11 is 1.67. The number of aliphatic hydroxyl groups is 2. The van der Waals surface area contributed by atoms with Crippen molar-refractivity contribution in [2.24, 2.45) is 22.9 Å². The molecule has 3 N–H and O–H groups in total. The number of carbonyl (C=O) groups is 1. The first kappa shape index (κ1) is 36.7. The maximum Gasteiger partial charge on any atom is 0.231 e. The van der Waals surface area contributed by atoms with Crippen LogP contribution in [0, 0.1) is 17.8 Å². The molecule has 6 atom stereocenters. The summed E-state index contributed by atoms with van der Waals surface area (Å²) in [6, 6.07) is 13.9. The second-order valence-corrected chi connectivity index (χ2v) is 14.1. The lowest BCUT2D eigenvalue weighted by Crippen LogP contribution is -2.64. The molecule has 1 amide bonds. The van der Waals surface area contributed by atoms with Crippen molar-refractivity contribution in [3.05, 3.63) is 85.0 Å². The lowest BCUT2D eigenvalue weighted by atomic mass is 9.56. The van der Waals surface area contributed by atoms with Crippen LogP contribution in [0.5, 0.6) is 11.5 Å². The number of allylic oxidation sites excluding steroid dienone is 1. The van der Waals surface area contributed by atoms with E-state index in [1.165, 1.54) is 6.92 Å². The molecule has 2 aromatic carbocycles. The van der Waals surface area contributed by atoms with E-state index in [1.54, 1.807) is 31.0 Å². The van der Waals surface area contributed by atoms with Crippen molar-refractivity contribution < 1.29 is 34.1 Å². The molecule has 1 fully saturated rings. The van der Waals surface area contributed by atoms with Crippen LogP contribution in [0.3, 0.4) is 0 Å². The van der Waals surface area contributed by atoms with Crippen molar-refractivity contribution >= 4 is 29.1 Å². The predicted octanol–water partition coefficient (Wildman–Crippen LogP) is 7.27. The van der Waals surface area contributed by atoms with Crippen molar-refractivity contribution in [3.8, 4) is 11.5 Å². The van der Waals surface area contributed by atoms with Crippen LogP contribution in [0.4, 0.5) is 5.69 Å². The zero-order chi connectivity index (χ0) is 34.8. The Morgan fingerprint density at radius 1 is 1.06 bits per heavy atom. The minimum absolute atomic E-state index is 0.0220. The van der Waals surface area contributed by atoms with Crippen LogP contribution in [-0.2, 0) is 14.4 Å². The first-order valence-electron chi connectivity index (χ1n) is 17.3.